The van der Waals surface area contributed by atoms with Gasteiger partial charge in [-0.3, -0.25) is 9.78 Å². The summed E-state index contributed by atoms with van der Waals surface area (Å²) in [4.78, 5) is 16.9. The molecule has 0 fully saturated rings. The van der Waals surface area contributed by atoms with Crippen molar-refractivity contribution >= 4 is 11.4 Å². The highest BCUT2D eigenvalue weighted by molar-refractivity contribution is 5.93. The van der Waals surface area contributed by atoms with Gasteiger partial charge in [0.15, 0.2) is 0 Å². The summed E-state index contributed by atoms with van der Waals surface area (Å²) in [6.07, 6.45) is 8.05. The van der Waals surface area contributed by atoms with Crippen molar-refractivity contribution in [2.45, 2.75) is 6.42 Å². The molecule has 1 aromatic carbocycles. The standard InChI is InChI=1S/C25H21N5O/c31-25(27-16-10-19-4-2-1-3-5-19)23-13-17-28-30(23)24-9-8-22-7-6-21(18-29(22)24)20-11-14-26-15-12-20/h1-9,11-15,17-18H,10,16H2,(H,27,31). The fourth-order valence-electron chi connectivity index (χ4n) is 3.69. The predicted molar refractivity (Wildman–Crippen MR) is 120 cm³/mol. The first-order valence-electron chi connectivity index (χ1n) is 10.2. The van der Waals surface area contributed by atoms with Crippen molar-refractivity contribution in [3.8, 4) is 16.9 Å². The van der Waals surface area contributed by atoms with E-state index >= 15 is 0 Å². The number of carbonyl (C=O) groups is 1. The van der Waals surface area contributed by atoms with E-state index in [4.69, 9.17) is 0 Å². The lowest BCUT2D eigenvalue weighted by atomic mass is 10.1. The highest BCUT2D eigenvalue weighted by Gasteiger charge is 2.15. The summed E-state index contributed by atoms with van der Waals surface area (Å²) < 4.78 is 3.73. The van der Waals surface area contributed by atoms with Crippen LogP contribution in [0.1, 0.15) is 16.1 Å². The Morgan fingerprint density at radius 2 is 1.65 bits per heavy atom. The molecule has 0 radical (unpaired) electrons. The van der Waals surface area contributed by atoms with Crippen molar-refractivity contribution in [2.24, 2.45) is 0 Å². The Labute approximate surface area is 179 Å². The summed E-state index contributed by atoms with van der Waals surface area (Å²) in [5.41, 5.74) is 4.86. The van der Waals surface area contributed by atoms with E-state index in [1.807, 2.05) is 46.9 Å². The number of hydrogen-bond acceptors (Lipinski definition) is 3. The number of nitrogens with zero attached hydrogens (tertiary/aromatic N) is 4. The van der Waals surface area contributed by atoms with Crippen molar-refractivity contribution < 1.29 is 4.79 Å². The zero-order valence-corrected chi connectivity index (χ0v) is 16.8. The molecular weight excluding hydrogens is 386 g/mol. The molecule has 31 heavy (non-hydrogen) atoms. The van der Waals surface area contributed by atoms with E-state index in [-0.39, 0.29) is 5.91 Å². The quantitative estimate of drug-likeness (QED) is 0.460. The third-order valence-electron chi connectivity index (χ3n) is 5.28. The summed E-state index contributed by atoms with van der Waals surface area (Å²) in [6, 6.07) is 23.9. The van der Waals surface area contributed by atoms with Gasteiger partial charge in [-0.2, -0.15) is 5.10 Å². The lowest BCUT2D eigenvalue weighted by molar-refractivity contribution is 0.0946. The van der Waals surface area contributed by atoms with Crippen molar-refractivity contribution in [1.82, 2.24) is 24.5 Å². The highest BCUT2D eigenvalue weighted by Crippen LogP contribution is 2.23. The van der Waals surface area contributed by atoms with Crippen LogP contribution in [-0.2, 0) is 6.42 Å². The smallest absolute Gasteiger partial charge is 0.270 e. The normalized spacial score (nSPS) is 11.0. The number of carbonyl (C=O) groups excluding carboxylic acids is 1. The van der Waals surface area contributed by atoms with Crippen LogP contribution in [0.2, 0.25) is 0 Å². The zero-order chi connectivity index (χ0) is 21.0. The molecule has 0 unspecified atom stereocenters. The van der Waals surface area contributed by atoms with Gasteiger partial charge in [0, 0.05) is 30.7 Å². The van der Waals surface area contributed by atoms with Crippen molar-refractivity contribution in [3.63, 3.8) is 0 Å². The molecule has 0 bridgehead atoms. The summed E-state index contributed by atoms with van der Waals surface area (Å²) in [7, 11) is 0. The van der Waals surface area contributed by atoms with Gasteiger partial charge in [0.2, 0.25) is 0 Å². The van der Waals surface area contributed by atoms with E-state index in [1.165, 1.54) is 5.56 Å². The van der Waals surface area contributed by atoms with Gasteiger partial charge >= 0.3 is 0 Å². The van der Waals surface area contributed by atoms with E-state index in [1.54, 1.807) is 29.3 Å². The van der Waals surface area contributed by atoms with E-state index < -0.39 is 0 Å². The van der Waals surface area contributed by atoms with Crippen molar-refractivity contribution in [1.29, 1.82) is 0 Å². The Morgan fingerprint density at radius 3 is 2.48 bits per heavy atom. The average Bonchev–Trinajstić information content (AvgIpc) is 3.47. The van der Waals surface area contributed by atoms with Gasteiger partial charge in [-0.1, -0.05) is 36.4 Å². The molecule has 5 rings (SSSR count). The maximum Gasteiger partial charge on any atom is 0.270 e. The predicted octanol–water partition coefficient (Wildman–Crippen LogP) is 4.16. The lowest BCUT2D eigenvalue weighted by Gasteiger charge is -2.10. The molecule has 4 aromatic heterocycles. The van der Waals surface area contributed by atoms with E-state index in [2.05, 4.69) is 45.9 Å². The summed E-state index contributed by atoms with van der Waals surface area (Å²) >= 11 is 0. The molecular formula is C25H21N5O. The number of aromatic nitrogens is 4. The van der Waals surface area contributed by atoms with E-state index in [0.717, 1.165) is 28.9 Å². The Balaban J connectivity index is 1.41. The van der Waals surface area contributed by atoms with Crippen LogP contribution in [0.4, 0.5) is 0 Å². The van der Waals surface area contributed by atoms with Crippen LogP contribution >= 0.6 is 0 Å². The molecule has 1 amide bonds. The Bertz CT molecular complexity index is 1320. The number of pyridine rings is 2. The van der Waals surface area contributed by atoms with Gasteiger partial charge in [-0.25, -0.2) is 4.68 Å². The molecule has 0 aliphatic heterocycles. The zero-order valence-electron chi connectivity index (χ0n) is 16.8. The van der Waals surface area contributed by atoms with Gasteiger partial charge < -0.3 is 9.72 Å². The number of nitrogens with one attached hydrogen (secondary N) is 1. The minimum atomic E-state index is -0.145. The Morgan fingerprint density at radius 1 is 0.839 bits per heavy atom. The second-order valence-electron chi connectivity index (χ2n) is 7.26. The maximum absolute atomic E-state index is 12.8. The fraction of sp³-hybridized carbons (Fsp3) is 0.0800. The third-order valence-corrected chi connectivity index (χ3v) is 5.28. The maximum atomic E-state index is 12.8. The molecule has 4 heterocycles. The molecule has 0 aliphatic carbocycles. The Hall–Kier alpha value is -4.19. The van der Waals surface area contributed by atoms with Crippen LogP contribution in [-0.4, -0.2) is 31.6 Å². The van der Waals surface area contributed by atoms with Crippen LogP contribution in [0.25, 0.3) is 22.5 Å². The molecule has 0 spiro atoms. The first-order valence-corrected chi connectivity index (χ1v) is 10.2. The van der Waals surface area contributed by atoms with Gasteiger partial charge in [0.05, 0.1) is 6.20 Å². The van der Waals surface area contributed by atoms with Crippen LogP contribution < -0.4 is 5.32 Å². The van der Waals surface area contributed by atoms with Crippen molar-refractivity contribution in [3.05, 3.63) is 109 Å². The number of amides is 1. The minimum absolute atomic E-state index is 0.145. The monoisotopic (exact) mass is 407 g/mol. The van der Waals surface area contributed by atoms with E-state index in [9.17, 15) is 4.79 Å². The lowest BCUT2D eigenvalue weighted by Crippen LogP contribution is -2.28. The first kappa shape index (κ1) is 18.8. The molecule has 0 aliphatic rings. The number of fused-ring (bicyclic) bond motifs is 1. The van der Waals surface area contributed by atoms with Gasteiger partial charge in [-0.15, -0.1) is 0 Å². The Kier molecular flexibility index (Phi) is 5.02. The molecule has 0 saturated carbocycles. The van der Waals surface area contributed by atoms with Crippen LogP contribution in [0, 0.1) is 0 Å². The summed E-state index contributed by atoms with van der Waals surface area (Å²) in [5, 5.41) is 7.43. The van der Waals surface area contributed by atoms with Crippen molar-refractivity contribution in [2.75, 3.05) is 6.54 Å². The molecule has 0 saturated heterocycles. The SMILES string of the molecule is O=C(NCCc1ccccc1)c1ccnn1-c1ccc2ccc(-c3ccncc3)cn12. The number of rotatable bonds is 6. The first-order chi connectivity index (χ1) is 15.3. The number of hydrogen-bond donors (Lipinski definition) is 1. The topological polar surface area (TPSA) is 64.2 Å². The molecule has 5 aromatic rings. The molecule has 152 valence electrons. The molecule has 1 N–H and O–H groups in total. The fourth-order valence-corrected chi connectivity index (χ4v) is 3.69. The molecule has 6 heteroatoms. The van der Waals surface area contributed by atoms with E-state index in [0.29, 0.717) is 12.2 Å². The highest BCUT2D eigenvalue weighted by atomic mass is 16.2. The molecule has 6 nitrogen and oxygen atoms in total. The van der Waals surface area contributed by atoms with Crippen LogP contribution in [0.3, 0.4) is 0 Å². The third kappa shape index (κ3) is 3.83. The van der Waals surface area contributed by atoms with Gasteiger partial charge in [0.25, 0.3) is 5.91 Å². The van der Waals surface area contributed by atoms with Gasteiger partial charge in [0.1, 0.15) is 11.5 Å². The summed E-state index contributed by atoms with van der Waals surface area (Å²) in [6.45, 7) is 0.565. The molecule has 0 atom stereocenters. The van der Waals surface area contributed by atoms with Crippen LogP contribution in [0.5, 0.6) is 0 Å². The number of benzene rings is 1. The second kappa shape index (κ2) is 8.28. The summed E-state index contributed by atoms with van der Waals surface area (Å²) in [5.74, 6) is 0.665. The van der Waals surface area contributed by atoms with Gasteiger partial charge in [-0.05, 0) is 59.5 Å². The minimum Gasteiger partial charge on any atom is -0.350 e. The largest absolute Gasteiger partial charge is 0.350 e. The average molecular weight is 407 g/mol. The van der Waals surface area contributed by atoms with Crippen LogP contribution in [0.15, 0.2) is 97.6 Å². The second-order valence-corrected chi connectivity index (χ2v) is 7.26.